The Hall–Kier alpha value is -1.23. The largest absolute Gasteiger partial charge is 0.409 e. The Morgan fingerprint density at radius 1 is 1.58 bits per heavy atom. The lowest BCUT2D eigenvalue weighted by Gasteiger charge is -2.35. The molecule has 0 aromatic heterocycles. The lowest BCUT2D eigenvalue weighted by Crippen LogP contribution is -2.36. The Morgan fingerprint density at radius 3 is 3.05 bits per heavy atom. The van der Waals surface area contributed by atoms with Gasteiger partial charge in [0.05, 0.1) is 5.56 Å². The van der Waals surface area contributed by atoms with Gasteiger partial charge in [-0.2, -0.15) is 0 Å². The molecule has 2 rings (SSSR count). The van der Waals surface area contributed by atoms with Gasteiger partial charge in [-0.1, -0.05) is 24.6 Å². The number of hydrogen-bond acceptors (Lipinski definition) is 3. The molecular weight excluding hydrogens is 306 g/mol. The van der Waals surface area contributed by atoms with Crippen molar-refractivity contribution in [1.29, 1.82) is 0 Å². The van der Waals surface area contributed by atoms with Crippen LogP contribution < -0.4 is 10.6 Å². The van der Waals surface area contributed by atoms with Crippen molar-refractivity contribution < 1.29 is 5.21 Å². The first-order chi connectivity index (χ1) is 9.17. The maximum absolute atomic E-state index is 8.96. The van der Waals surface area contributed by atoms with Crippen LogP contribution in [0.3, 0.4) is 0 Å². The molecule has 1 aromatic rings. The molecule has 0 spiro atoms. The van der Waals surface area contributed by atoms with Crippen LogP contribution >= 0.6 is 15.9 Å². The van der Waals surface area contributed by atoms with E-state index in [1.807, 2.05) is 18.2 Å². The Kier molecular flexibility index (Phi) is 4.69. The fourth-order valence-corrected chi connectivity index (χ4v) is 3.26. The van der Waals surface area contributed by atoms with Crippen LogP contribution in [0, 0.1) is 5.92 Å². The SMILES string of the molecule is CCC1CCCN(c2cccc(Br)c2/C(N)=N/O)C1. The molecule has 0 bridgehead atoms. The summed E-state index contributed by atoms with van der Waals surface area (Å²) in [6, 6.07) is 5.94. The molecule has 19 heavy (non-hydrogen) atoms. The quantitative estimate of drug-likeness (QED) is 0.388. The van der Waals surface area contributed by atoms with Gasteiger partial charge in [0.25, 0.3) is 0 Å². The first-order valence-corrected chi connectivity index (χ1v) is 7.48. The average molecular weight is 326 g/mol. The third kappa shape index (κ3) is 3.03. The summed E-state index contributed by atoms with van der Waals surface area (Å²) in [5, 5.41) is 12.1. The Bertz CT molecular complexity index is 476. The third-order valence-electron chi connectivity index (χ3n) is 3.79. The zero-order valence-electron chi connectivity index (χ0n) is 11.1. The van der Waals surface area contributed by atoms with E-state index in [9.17, 15) is 0 Å². The second kappa shape index (κ2) is 6.28. The van der Waals surface area contributed by atoms with Gasteiger partial charge in [0.2, 0.25) is 0 Å². The maximum Gasteiger partial charge on any atom is 0.173 e. The second-order valence-corrected chi connectivity index (χ2v) is 5.84. The Labute approximate surface area is 122 Å². The number of rotatable bonds is 3. The molecule has 0 saturated carbocycles. The zero-order valence-corrected chi connectivity index (χ0v) is 12.7. The van der Waals surface area contributed by atoms with Crippen LogP contribution in [-0.2, 0) is 0 Å². The van der Waals surface area contributed by atoms with E-state index in [0.717, 1.165) is 34.7 Å². The van der Waals surface area contributed by atoms with Crippen LogP contribution in [0.25, 0.3) is 0 Å². The van der Waals surface area contributed by atoms with Gasteiger partial charge in [-0.05, 0) is 46.8 Å². The summed E-state index contributed by atoms with van der Waals surface area (Å²) in [6.45, 7) is 4.30. The van der Waals surface area contributed by atoms with Crippen molar-refractivity contribution in [2.45, 2.75) is 26.2 Å². The van der Waals surface area contributed by atoms with Crippen LogP contribution in [-0.4, -0.2) is 24.1 Å². The summed E-state index contributed by atoms with van der Waals surface area (Å²) in [4.78, 5) is 2.34. The molecule has 104 valence electrons. The van der Waals surface area contributed by atoms with Gasteiger partial charge < -0.3 is 15.8 Å². The van der Waals surface area contributed by atoms with E-state index in [-0.39, 0.29) is 5.84 Å². The second-order valence-electron chi connectivity index (χ2n) is 4.98. The molecule has 0 radical (unpaired) electrons. The molecule has 0 amide bonds. The highest BCUT2D eigenvalue weighted by Crippen LogP contribution is 2.31. The van der Waals surface area contributed by atoms with Gasteiger partial charge in [-0.3, -0.25) is 0 Å². The summed E-state index contributed by atoms with van der Waals surface area (Å²) in [5.41, 5.74) is 7.64. The monoisotopic (exact) mass is 325 g/mol. The fraction of sp³-hybridized carbons (Fsp3) is 0.500. The molecule has 5 heteroatoms. The van der Waals surface area contributed by atoms with Crippen molar-refractivity contribution in [3.8, 4) is 0 Å². The average Bonchev–Trinajstić information content (AvgIpc) is 2.46. The van der Waals surface area contributed by atoms with E-state index in [1.165, 1.54) is 19.3 Å². The van der Waals surface area contributed by atoms with Crippen LogP contribution in [0.1, 0.15) is 31.7 Å². The Morgan fingerprint density at radius 2 is 2.37 bits per heavy atom. The Balaban J connectivity index is 2.36. The number of amidine groups is 1. The number of piperidine rings is 1. The van der Waals surface area contributed by atoms with Crippen molar-refractivity contribution in [3.05, 3.63) is 28.2 Å². The number of oxime groups is 1. The molecule has 0 aliphatic carbocycles. The van der Waals surface area contributed by atoms with Crippen molar-refractivity contribution in [1.82, 2.24) is 0 Å². The van der Waals surface area contributed by atoms with Crippen LogP contribution in [0.15, 0.2) is 27.8 Å². The summed E-state index contributed by atoms with van der Waals surface area (Å²) in [7, 11) is 0. The predicted octanol–water partition coefficient (Wildman–Crippen LogP) is 3.17. The summed E-state index contributed by atoms with van der Waals surface area (Å²) in [6.07, 6.45) is 3.68. The van der Waals surface area contributed by atoms with Gasteiger partial charge in [-0.25, -0.2) is 0 Å². The highest BCUT2D eigenvalue weighted by Gasteiger charge is 2.22. The van der Waals surface area contributed by atoms with Crippen molar-refractivity contribution in [2.24, 2.45) is 16.8 Å². The molecule has 1 saturated heterocycles. The molecule has 1 atom stereocenters. The van der Waals surface area contributed by atoms with Gasteiger partial charge in [0.1, 0.15) is 0 Å². The van der Waals surface area contributed by atoms with Crippen molar-refractivity contribution >= 4 is 27.5 Å². The van der Waals surface area contributed by atoms with Crippen molar-refractivity contribution in [2.75, 3.05) is 18.0 Å². The van der Waals surface area contributed by atoms with Gasteiger partial charge in [0, 0.05) is 23.2 Å². The normalized spacial score (nSPS) is 20.6. The van der Waals surface area contributed by atoms with Gasteiger partial charge >= 0.3 is 0 Å². The topological polar surface area (TPSA) is 61.8 Å². The number of nitrogens with zero attached hydrogens (tertiary/aromatic N) is 2. The van der Waals surface area contributed by atoms with E-state index < -0.39 is 0 Å². The summed E-state index contributed by atoms with van der Waals surface area (Å²) >= 11 is 3.49. The number of halogens is 1. The lowest BCUT2D eigenvalue weighted by molar-refractivity contribution is 0.318. The number of benzene rings is 1. The highest BCUT2D eigenvalue weighted by molar-refractivity contribution is 9.10. The smallest absolute Gasteiger partial charge is 0.173 e. The van der Waals surface area contributed by atoms with E-state index in [0.29, 0.717) is 0 Å². The summed E-state index contributed by atoms with van der Waals surface area (Å²) in [5.74, 6) is 0.883. The predicted molar refractivity (Wildman–Crippen MR) is 81.9 cm³/mol. The van der Waals surface area contributed by atoms with Gasteiger partial charge in [-0.15, -0.1) is 0 Å². The van der Waals surface area contributed by atoms with Crippen molar-refractivity contribution in [3.63, 3.8) is 0 Å². The molecule has 1 aliphatic heterocycles. The first-order valence-electron chi connectivity index (χ1n) is 6.68. The van der Waals surface area contributed by atoms with Crippen LogP contribution in [0.2, 0.25) is 0 Å². The first kappa shape index (κ1) is 14.2. The van der Waals surface area contributed by atoms with Gasteiger partial charge in [0.15, 0.2) is 5.84 Å². The highest BCUT2D eigenvalue weighted by atomic mass is 79.9. The van der Waals surface area contributed by atoms with E-state index in [1.54, 1.807) is 0 Å². The standard InChI is InChI=1S/C14H20BrN3O/c1-2-10-5-4-8-18(9-10)12-7-3-6-11(15)13(12)14(16)17-19/h3,6-7,10,19H,2,4-5,8-9H2,1H3,(H2,16,17). The number of hydrogen-bond donors (Lipinski definition) is 2. The summed E-state index contributed by atoms with van der Waals surface area (Å²) < 4.78 is 0.860. The maximum atomic E-state index is 8.96. The molecule has 1 heterocycles. The molecule has 1 fully saturated rings. The van der Waals surface area contributed by atoms with Crippen LogP contribution in [0.5, 0.6) is 0 Å². The number of nitrogens with two attached hydrogens (primary N) is 1. The molecular formula is C14H20BrN3O. The molecule has 1 unspecified atom stereocenters. The fourth-order valence-electron chi connectivity index (χ4n) is 2.70. The zero-order chi connectivity index (χ0) is 13.8. The minimum Gasteiger partial charge on any atom is -0.409 e. The minimum absolute atomic E-state index is 0.154. The molecule has 1 aromatic carbocycles. The van der Waals surface area contributed by atoms with E-state index >= 15 is 0 Å². The van der Waals surface area contributed by atoms with E-state index in [4.69, 9.17) is 10.9 Å². The molecule has 1 aliphatic rings. The van der Waals surface area contributed by atoms with E-state index in [2.05, 4.69) is 32.9 Å². The minimum atomic E-state index is 0.154. The number of anilines is 1. The third-order valence-corrected chi connectivity index (χ3v) is 4.45. The lowest BCUT2D eigenvalue weighted by atomic mass is 9.94. The van der Waals surface area contributed by atoms with Crippen LogP contribution in [0.4, 0.5) is 5.69 Å². The molecule has 3 N–H and O–H groups in total. The molecule has 4 nitrogen and oxygen atoms in total.